The minimum absolute atomic E-state index is 0.0416. The van der Waals surface area contributed by atoms with E-state index in [2.05, 4.69) is 4.99 Å². The minimum Gasteiger partial charge on any atom is -0.463 e. The highest BCUT2D eigenvalue weighted by Crippen LogP contribution is 2.42. The van der Waals surface area contributed by atoms with Crippen LogP contribution in [0.3, 0.4) is 0 Å². The second-order valence-electron chi connectivity index (χ2n) is 4.52. The third-order valence-electron chi connectivity index (χ3n) is 3.05. The quantitative estimate of drug-likeness (QED) is 0.518. The van der Waals surface area contributed by atoms with Crippen molar-refractivity contribution in [1.82, 2.24) is 0 Å². The van der Waals surface area contributed by atoms with Gasteiger partial charge in [-0.25, -0.2) is 9.79 Å². The molecule has 0 bridgehead atoms. The molecule has 22 heavy (non-hydrogen) atoms. The van der Waals surface area contributed by atoms with Crippen LogP contribution in [-0.4, -0.2) is 22.7 Å². The number of non-ortho nitro benzene ring substituents is 1. The zero-order valence-electron chi connectivity index (χ0n) is 12.1. The summed E-state index contributed by atoms with van der Waals surface area (Å²) in [6, 6.07) is 6.13. The van der Waals surface area contributed by atoms with Gasteiger partial charge in [0, 0.05) is 12.1 Å². The van der Waals surface area contributed by atoms with Crippen LogP contribution in [0, 0.1) is 10.1 Å². The van der Waals surface area contributed by atoms with Gasteiger partial charge in [-0.1, -0.05) is 23.9 Å². The van der Waals surface area contributed by atoms with Crippen molar-refractivity contribution < 1.29 is 14.5 Å². The van der Waals surface area contributed by atoms with Crippen molar-refractivity contribution in [3.8, 4) is 0 Å². The fraction of sp³-hybridized carbons (Fsp3) is 0.286. The summed E-state index contributed by atoms with van der Waals surface area (Å²) in [6.45, 7) is 3.62. The third kappa shape index (κ3) is 3.28. The Labute approximate surface area is 131 Å². The molecule has 0 saturated carbocycles. The Bertz CT molecular complexity index is 684. The summed E-state index contributed by atoms with van der Waals surface area (Å²) in [6.07, 6.45) is 0. The van der Waals surface area contributed by atoms with Crippen LogP contribution in [0.15, 0.2) is 40.5 Å². The van der Waals surface area contributed by atoms with E-state index in [0.29, 0.717) is 22.0 Å². The standard InChI is InChI=1S/C14H15N3O4S/c1-3-21-13(18)11-8(2)16-14(15)22-12(11)9-5-4-6-10(7-9)17(19)20/h4-7,12H,3H2,1-2H3,(H2,15,16). The van der Waals surface area contributed by atoms with E-state index < -0.39 is 16.1 Å². The number of nitrogens with two attached hydrogens (primary N) is 1. The van der Waals surface area contributed by atoms with Crippen LogP contribution in [-0.2, 0) is 9.53 Å². The first-order valence-electron chi connectivity index (χ1n) is 6.57. The van der Waals surface area contributed by atoms with Crippen molar-refractivity contribution in [3.63, 3.8) is 0 Å². The monoisotopic (exact) mass is 321 g/mol. The zero-order chi connectivity index (χ0) is 16.3. The number of hydrogen-bond donors (Lipinski definition) is 1. The van der Waals surface area contributed by atoms with E-state index in [1.165, 1.54) is 23.9 Å². The van der Waals surface area contributed by atoms with Crippen molar-refractivity contribution in [3.05, 3.63) is 51.2 Å². The van der Waals surface area contributed by atoms with Crippen LogP contribution < -0.4 is 5.73 Å². The van der Waals surface area contributed by atoms with E-state index in [0.717, 1.165) is 0 Å². The lowest BCUT2D eigenvalue weighted by Gasteiger charge is -2.23. The molecule has 0 fully saturated rings. The van der Waals surface area contributed by atoms with Gasteiger partial charge in [-0.3, -0.25) is 10.1 Å². The van der Waals surface area contributed by atoms with Gasteiger partial charge in [0.25, 0.3) is 5.69 Å². The lowest BCUT2D eigenvalue weighted by Crippen LogP contribution is -2.22. The normalized spacial score (nSPS) is 17.9. The second-order valence-corrected chi connectivity index (χ2v) is 5.64. The first kappa shape index (κ1) is 16.0. The highest BCUT2D eigenvalue weighted by atomic mass is 32.2. The van der Waals surface area contributed by atoms with Gasteiger partial charge in [-0.15, -0.1) is 0 Å². The molecule has 1 aromatic rings. The molecule has 1 aliphatic rings. The number of carbonyl (C=O) groups excluding carboxylic acids is 1. The maximum absolute atomic E-state index is 12.2. The van der Waals surface area contributed by atoms with Gasteiger partial charge < -0.3 is 10.5 Å². The summed E-state index contributed by atoms with van der Waals surface area (Å²) in [5.41, 5.74) is 7.18. The molecule has 0 amide bonds. The number of nitrogens with zero attached hydrogens (tertiary/aromatic N) is 2. The number of ether oxygens (including phenoxy) is 1. The Hall–Kier alpha value is -2.35. The summed E-state index contributed by atoms with van der Waals surface area (Å²) >= 11 is 1.17. The molecule has 0 aliphatic carbocycles. The van der Waals surface area contributed by atoms with E-state index in [1.807, 2.05) is 0 Å². The molecule has 1 unspecified atom stereocenters. The predicted molar refractivity (Wildman–Crippen MR) is 84.4 cm³/mol. The number of aliphatic imine (C=N–C) groups is 1. The van der Waals surface area contributed by atoms with Crippen LogP contribution in [0.1, 0.15) is 24.7 Å². The number of nitro benzene ring substituents is 1. The van der Waals surface area contributed by atoms with E-state index in [1.54, 1.807) is 26.0 Å². The Kier molecular flexibility index (Phi) is 4.81. The van der Waals surface area contributed by atoms with Gasteiger partial charge in [-0.2, -0.15) is 0 Å². The molecule has 116 valence electrons. The highest BCUT2D eigenvalue weighted by Gasteiger charge is 2.31. The van der Waals surface area contributed by atoms with Gasteiger partial charge in [0.05, 0.1) is 28.1 Å². The summed E-state index contributed by atoms with van der Waals surface area (Å²) in [4.78, 5) is 26.7. The zero-order valence-corrected chi connectivity index (χ0v) is 12.9. The maximum atomic E-state index is 12.2. The van der Waals surface area contributed by atoms with E-state index in [9.17, 15) is 14.9 Å². The Balaban J connectivity index is 2.48. The molecule has 1 aliphatic heterocycles. The molecule has 2 rings (SSSR count). The first-order chi connectivity index (χ1) is 10.4. The van der Waals surface area contributed by atoms with E-state index in [4.69, 9.17) is 10.5 Å². The number of carbonyl (C=O) groups is 1. The van der Waals surface area contributed by atoms with E-state index >= 15 is 0 Å². The van der Waals surface area contributed by atoms with Crippen LogP contribution in [0.25, 0.3) is 0 Å². The highest BCUT2D eigenvalue weighted by molar-refractivity contribution is 8.14. The molecule has 8 heteroatoms. The largest absolute Gasteiger partial charge is 0.463 e. The average molecular weight is 321 g/mol. The molecule has 1 aromatic carbocycles. The molecular weight excluding hydrogens is 306 g/mol. The summed E-state index contributed by atoms with van der Waals surface area (Å²) < 4.78 is 5.06. The molecule has 7 nitrogen and oxygen atoms in total. The van der Waals surface area contributed by atoms with Gasteiger partial charge in [0.1, 0.15) is 0 Å². The molecule has 0 spiro atoms. The van der Waals surface area contributed by atoms with Crippen molar-refractivity contribution in [1.29, 1.82) is 0 Å². The lowest BCUT2D eigenvalue weighted by molar-refractivity contribution is -0.384. The first-order valence-corrected chi connectivity index (χ1v) is 7.45. The number of nitro groups is 1. The number of amidine groups is 1. The van der Waals surface area contributed by atoms with Crippen LogP contribution in [0.2, 0.25) is 0 Å². The fourth-order valence-electron chi connectivity index (χ4n) is 2.12. The summed E-state index contributed by atoms with van der Waals surface area (Å²) in [7, 11) is 0. The number of thioether (sulfide) groups is 1. The van der Waals surface area contributed by atoms with Crippen LogP contribution >= 0.6 is 11.8 Å². The summed E-state index contributed by atoms with van der Waals surface area (Å²) in [5, 5.41) is 10.8. The van der Waals surface area contributed by atoms with Crippen molar-refractivity contribution >= 4 is 28.6 Å². The third-order valence-corrected chi connectivity index (χ3v) is 4.12. The van der Waals surface area contributed by atoms with Crippen molar-refractivity contribution in [2.45, 2.75) is 19.1 Å². The molecule has 0 saturated heterocycles. The molecule has 0 radical (unpaired) electrons. The predicted octanol–water partition coefficient (Wildman–Crippen LogP) is 2.53. The molecular formula is C14H15N3O4S. The average Bonchev–Trinajstić information content (AvgIpc) is 2.46. The van der Waals surface area contributed by atoms with Crippen molar-refractivity contribution in [2.24, 2.45) is 10.7 Å². The maximum Gasteiger partial charge on any atom is 0.337 e. The van der Waals surface area contributed by atoms with Gasteiger partial charge >= 0.3 is 5.97 Å². The molecule has 2 N–H and O–H groups in total. The lowest BCUT2D eigenvalue weighted by atomic mass is 10.0. The molecule has 0 aromatic heterocycles. The molecule has 1 atom stereocenters. The SMILES string of the molecule is CCOC(=O)C1=C(C)N=C(N)SC1c1cccc([N+](=O)[O-])c1. The Morgan fingerprint density at radius 3 is 2.91 bits per heavy atom. The van der Waals surface area contributed by atoms with Crippen LogP contribution in [0.5, 0.6) is 0 Å². The van der Waals surface area contributed by atoms with Crippen LogP contribution in [0.4, 0.5) is 5.69 Å². The Morgan fingerprint density at radius 2 is 2.27 bits per heavy atom. The number of allylic oxidation sites excluding steroid dienone is 1. The smallest absolute Gasteiger partial charge is 0.337 e. The van der Waals surface area contributed by atoms with Crippen molar-refractivity contribution in [2.75, 3.05) is 6.61 Å². The number of benzene rings is 1. The summed E-state index contributed by atoms with van der Waals surface area (Å²) in [5.74, 6) is -0.486. The molecule has 1 heterocycles. The number of esters is 1. The van der Waals surface area contributed by atoms with E-state index in [-0.39, 0.29) is 12.3 Å². The second kappa shape index (κ2) is 6.61. The van der Waals surface area contributed by atoms with Gasteiger partial charge in [-0.05, 0) is 19.4 Å². The Morgan fingerprint density at radius 1 is 1.55 bits per heavy atom. The fourth-order valence-corrected chi connectivity index (χ4v) is 3.22. The van der Waals surface area contributed by atoms with Gasteiger partial charge in [0.15, 0.2) is 5.17 Å². The van der Waals surface area contributed by atoms with Gasteiger partial charge in [0.2, 0.25) is 0 Å². The number of rotatable bonds is 4. The topological polar surface area (TPSA) is 108 Å². The minimum atomic E-state index is -0.486. The number of hydrogen-bond acceptors (Lipinski definition) is 7.